The van der Waals surface area contributed by atoms with E-state index in [4.69, 9.17) is 21.1 Å². The number of nitrogens with one attached hydrogen (secondary N) is 1. The average Bonchev–Trinajstić information content (AvgIpc) is 2.90. The second kappa shape index (κ2) is 5.26. The summed E-state index contributed by atoms with van der Waals surface area (Å²) in [4.78, 5) is 7.44. The van der Waals surface area contributed by atoms with Crippen LogP contribution in [0, 0.1) is 5.82 Å². The van der Waals surface area contributed by atoms with Crippen molar-refractivity contribution in [3.05, 3.63) is 41.2 Å². The van der Waals surface area contributed by atoms with Crippen LogP contribution >= 0.6 is 11.6 Å². The van der Waals surface area contributed by atoms with Crippen LogP contribution in [-0.4, -0.2) is 24.2 Å². The van der Waals surface area contributed by atoms with Gasteiger partial charge >= 0.3 is 0 Å². The molecule has 0 amide bonds. The topological polar surface area (TPSA) is 47.1 Å². The first-order chi connectivity index (χ1) is 10.1. The maximum absolute atomic E-state index is 13.9. The summed E-state index contributed by atoms with van der Waals surface area (Å²) in [7, 11) is 3.10. The van der Waals surface area contributed by atoms with E-state index in [2.05, 4.69) is 9.97 Å². The molecule has 0 radical (unpaired) electrons. The van der Waals surface area contributed by atoms with Crippen LogP contribution in [0.25, 0.3) is 22.4 Å². The van der Waals surface area contributed by atoms with Gasteiger partial charge in [-0.15, -0.1) is 0 Å². The molecule has 1 N–H and O–H groups in total. The Labute approximate surface area is 125 Å². The quantitative estimate of drug-likeness (QED) is 0.794. The largest absolute Gasteiger partial charge is 0.493 e. The van der Waals surface area contributed by atoms with Crippen molar-refractivity contribution in [1.29, 1.82) is 0 Å². The summed E-state index contributed by atoms with van der Waals surface area (Å²) in [5, 5.41) is 0.446. The van der Waals surface area contributed by atoms with Crippen molar-refractivity contribution < 1.29 is 13.9 Å². The van der Waals surface area contributed by atoms with Crippen LogP contribution in [0.4, 0.5) is 4.39 Å². The maximum Gasteiger partial charge on any atom is 0.163 e. The van der Waals surface area contributed by atoms with E-state index in [1.165, 1.54) is 18.2 Å². The number of benzene rings is 2. The molecule has 0 fully saturated rings. The molecule has 0 aliphatic heterocycles. The molecule has 2 aromatic carbocycles. The molecule has 0 saturated heterocycles. The molecule has 0 unspecified atom stereocenters. The van der Waals surface area contributed by atoms with Gasteiger partial charge in [0.2, 0.25) is 0 Å². The van der Waals surface area contributed by atoms with Gasteiger partial charge in [-0.1, -0.05) is 11.6 Å². The van der Waals surface area contributed by atoms with E-state index in [0.717, 1.165) is 5.52 Å². The Bertz CT molecular complexity index is 776. The molecule has 0 bridgehead atoms. The Hall–Kier alpha value is -2.27. The highest BCUT2D eigenvalue weighted by Gasteiger charge is 2.13. The zero-order valence-electron chi connectivity index (χ0n) is 11.4. The Balaban J connectivity index is 2.19. The number of aromatic amines is 1. The molecule has 1 heterocycles. The van der Waals surface area contributed by atoms with Crippen molar-refractivity contribution in [3.63, 3.8) is 0 Å². The second-order valence-electron chi connectivity index (χ2n) is 4.43. The van der Waals surface area contributed by atoms with Crippen molar-refractivity contribution in [2.75, 3.05) is 14.2 Å². The summed E-state index contributed by atoms with van der Waals surface area (Å²) >= 11 is 5.91. The van der Waals surface area contributed by atoms with Crippen molar-refractivity contribution in [1.82, 2.24) is 9.97 Å². The van der Waals surface area contributed by atoms with Gasteiger partial charge in [0.05, 0.1) is 30.8 Å². The summed E-state index contributed by atoms with van der Waals surface area (Å²) < 4.78 is 24.4. The van der Waals surface area contributed by atoms with Gasteiger partial charge < -0.3 is 14.5 Å². The molecule has 0 aliphatic carbocycles. The van der Waals surface area contributed by atoms with Crippen molar-refractivity contribution in [2.45, 2.75) is 0 Å². The number of imidazole rings is 1. The van der Waals surface area contributed by atoms with Gasteiger partial charge in [-0.05, 0) is 18.2 Å². The highest BCUT2D eigenvalue weighted by molar-refractivity contribution is 6.30. The molecule has 108 valence electrons. The van der Waals surface area contributed by atoms with Crippen molar-refractivity contribution >= 4 is 22.6 Å². The van der Waals surface area contributed by atoms with Gasteiger partial charge in [-0.2, -0.15) is 0 Å². The van der Waals surface area contributed by atoms with Crippen LogP contribution in [0.1, 0.15) is 0 Å². The van der Waals surface area contributed by atoms with E-state index >= 15 is 0 Å². The van der Waals surface area contributed by atoms with E-state index in [9.17, 15) is 4.39 Å². The van der Waals surface area contributed by atoms with Gasteiger partial charge in [0, 0.05) is 17.2 Å². The molecule has 0 saturated carbocycles. The van der Waals surface area contributed by atoms with Crippen LogP contribution < -0.4 is 9.47 Å². The highest BCUT2D eigenvalue weighted by Crippen LogP contribution is 2.33. The number of hydrogen-bond donors (Lipinski definition) is 1. The van der Waals surface area contributed by atoms with E-state index in [1.54, 1.807) is 26.4 Å². The monoisotopic (exact) mass is 306 g/mol. The second-order valence-corrected chi connectivity index (χ2v) is 4.87. The summed E-state index contributed by atoms with van der Waals surface area (Å²) in [5.41, 5.74) is 1.70. The highest BCUT2D eigenvalue weighted by atomic mass is 35.5. The molecular weight excluding hydrogens is 295 g/mol. The molecule has 4 nitrogen and oxygen atoms in total. The Morgan fingerprint density at radius 2 is 1.81 bits per heavy atom. The fraction of sp³-hybridized carbons (Fsp3) is 0.133. The maximum atomic E-state index is 13.9. The van der Waals surface area contributed by atoms with Crippen LogP contribution in [0.2, 0.25) is 5.02 Å². The zero-order chi connectivity index (χ0) is 15.0. The number of aromatic nitrogens is 2. The number of fused-ring (bicyclic) bond motifs is 1. The van der Waals surface area contributed by atoms with E-state index in [-0.39, 0.29) is 0 Å². The van der Waals surface area contributed by atoms with Crippen LogP contribution in [0.3, 0.4) is 0 Å². The molecule has 1 aromatic heterocycles. The lowest BCUT2D eigenvalue weighted by Gasteiger charge is -2.06. The Morgan fingerprint density at radius 3 is 2.52 bits per heavy atom. The van der Waals surface area contributed by atoms with Gasteiger partial charge in [-0.25, -0.2) is 9.37 Å². The fourth-order valence-corrected chi connectivity index (χ4v) is 2.32. The fourth-order valence-electron chi connectivity index (χ4n) is 2.14. The minimum atomic E-state index is -0.391. The molecule has 0 atom stereocenters. The summed E-state index contributed by atoms with van der Waals surface area (Å²) in [6.45, 7) is 0. The predicted molar refractivity (Wildman–Crippen MR) is 79.6 cm³/mol. The van der Waals surface area contributed by atoms with Crippen molar-refractivity contribution in [2.24, 2.45) is 0 Å². The molecule has 6 heteroatoms. The average molecular weight is 307 g/mol. The normalized spacial score (nSPS) is 10.9. The molecule has 3 aromatic rings. The molecule has 0 spiro atoms. The summed E-state index contributed by atoms with van der Waals surface area (Å²) in [6.07, 6.45) is 0. The predicted octanol–water partition coefficient (Wildman–Crippen LogP) is 4.04. The van der Waals surface area contributed by atoms with Crippen LogP contribution in [0.15, 0.2) is 30.3 Å². The third-order valence-electron chi connectivity index (χ3n) is 3.17. The lowest BCUT2D eigenvalue weighted by molar-refractivity contribution is 0.356. The number of methoxy groups -OCH3 is 2. The standard InChI is InChI=1S/C15H12ClFN2O2/c1-20-13-6-11-12(7-14(13)21-2)19-15(18-11)9-5-8(16)3-4-10(9)17/h3-7H,1-2H3,(H,18,19). The molecular formula is C15H12ClFN2O2. The number of H-pyrrole nitrogens is 1. The Kier molecular flexibility index (Phi) is 3.43. The number of halogens is 2. The number of hydrogen-bond acceptors (Lipinski definition) is 3. The lowest BCUT2D eigenvalue weighted by atomic mass is 10.2. The molecule has 3 rings (SSSR count). The molecule has 21 heavy (non-hydrogen) atoms. The zero-order valence-corrected chi connectivity index (χ0v) is 12.2. The minimum Gasteiger partial charge on any atom is -0.493 e. The van der Waals surface area contributed by atoms with E-state index < -0.39 is 5.82 Å². The lowest BCUT2D eigenvalue weighted by Crippen LogP contribution is -1.89. The first kappa shape index (κ1) is 13.7. The van der Waals surface area contributed by atoms with Crippen LogP contribution in [0.5, 0.6) is 11.5 Å². The SMILES string of the molecule is COc1cc2nc(-c3cc(Cl)ccc3F)[nH]c2cc1OC. The smallest absolute Gasteiger partial charge is 0.163 e. The third-order valence-corrected chi connectivity index (χ3v) is 3.41. The van der Waals surface area contributed by atoms with Gasteiger partial charge in [0.25, 0.3) is 0 Å². The Morgan fingerprint density at radius 1 is 1.10 bits per heavy atom. The number of ether oxygens (including phenoxy) is 2. The van der Waals surface area contributed by atoms with Crippen LogP contribution in [-0.2, 0) is 0 Å². The summed E-state index contributed by atoms with van der Waals surface area (Å²) in [5.74, 6) is 1.15. The molecule has 0 aliphatic rings. The first-order valence-corrected chi connectivity index (χ1v) is 6.57. The van der Waals surface area contributed by atoms with E-state index in [1.807, 2.05) is 0 Å². The summed E-state index contributed by atoms with van der Waals surface area (Å²) in [6, 6.07) is 7.83. The van der Waals surface area contributed by atoms with Gasteiger partial charge in [0.15, 0.2) is 11.5 Å². The van der Waals surface area contributed by atoms with Gasteiger partial charge in [-0.3, -0.25) is 0 Å². The minimum absolute atomic E-state index is 0.316. The number of nitrogens with zero attached hydrogens (tertiary/aromatic N) is 1. The van der Waals surface area contributed by atoms with Crippen molar-refractivity contribution in [3.8, 4) is 22.9 Å². The first-order valence-electron chi connectivity index (χ1n) is 6.19. The van der Waals surface area contributed by atoms with Gasteiger partial charge in [0.1, 0.15) is 11.6 Å². The third kappa shape index (κ3) is 2.40. The number of rotatable bonds is 3. The van der Waals surface area contributed by atoms with E-state index in [0.29, 0.717) is 33.4 Å².